The molecule has 29 heavy (non-hydrogen) atoms. The molecule has 0 heterocycles. The molecule has 0 saturated heterocycles. The van der Waals surface area contributed by atoms with Crippen molar-refractivity contribution in [2.75, 3.05) is 33.3 Å². The Bertz CT molecular complexity index is 621. The summed E-state index contributed by atoms with van der Waals surface area (Å²) in [4.78, 5) is 16.1. The minimum Gasteiger partial charge on any atom is -0.444 e. The number of aliphatic imine (C=N–C) groups is 1. The van der Waals surface area contributed by atoms with Gasteiger partial charge in [-0.25, -0.2) is 9.18 Å². The first-order valence-corrected chi connectivity index (χ1v) is 9.52. The number of halogens is 2. The maximum absolute atomic E-state index is 13.1. The van der Waals surface area contributed by atoms with Gasteiger partial charge in [-0.15, -0.1) is 24.0 Å². The van der Waals surface area contributed by atoms with Crippen molar-refractivity contribution in [2.45, 2.75) is 45.8 Å². The van der Waals surface area contributed by atoms with Crippen molar-refractivity contribution in [3.8, 4) is 0 Å². The van der Waals surface area contributed by atoms with Gasteiger partial charge in [0.15, 0.2) is 5.96 Å². The lowest BCUT2D eigenvalue weighted by Crippen LogP contribution is -2.39. The number of carbonyl (C=O) groups excluding carboxylic acids is 1. The molecule has 1 aromatic rings. The number of alkyl carbamates (subject to hydrolysis) is 1. The lowest BCUT2D eigenvalue weighted by atomic mass is 10.1. The average Bonchev–Trinajstić information content (AvgIpc) is 2.61. The van der Waals surface area contributed by atoms with E-state index in [0.717, 1.165) is 18.5 Å². The zero-order valence-electron chi connectivity index (χ0n) is 17.9. The standard InChI is InChI=1S/C20H33FN4O3.HI/c1-6-22-18(23-12-7-13-24-19(26)28-20(2,3)4)25-14-17(27-5)15-8-10-16(21)11-9-15;/h8-11,17H,6-7,12-14H2,1-5H3,(H,24,26)(H2,22,23,25);1H. The number of amides is 1. The molecule has 9 heteroatoms. The van der Waals surface area contributed by atoms with E-state index in [0.29, 0.717) is 25.6 Å². The van der Waals surface area contributed by atoms with E-state index in [4.69, 9.17) is 9.47 Å². The highest BCUT2D eigenvalue weighted by atomic mass is 127. The van der Waals surface area contributed by atoms with Crippen LogP contribution in [0.4, 0.5) is 9.18 Å². The highest BCUT2D eigenvalue weighted by Gasteiger charge is 2.15. The number of hydrogen-bond donors (Lipinski definition) is 3. The number of guanidine groups is 1. The van der Waals surface area contributed by atoms with Crippen LogP contribution in [0.2, 0.25) is 0 Å². The maximum atomic E-state index is 13.1. The van der Waals surface area contributed by atoms with Gasteiger partial charge in [0.1, 0.15) is 17.5 Å². The van der Waals surface area contributed by atoms with Crippen molar-refractivity contribution in [3.63, 3.8) is 0 Å². The van der Waals surface area contributed by atoms with E-state index in [9.17, 15) is 9.18 Å². The molecule has 0 radical (unpaired) electrons. The third kappa shape index (κ3) is 12.5. The normalized spacial score (nSPS) is 12.6. The monoisotopic (exact) mass is 524 g/mol. The van der Waals surface area contributed by atoms with E-state index in [-0.39, 0.29) is 35.9 Å². The number of nitrogens with one attached hydrogen (secondary N) is 3. The first-order valence-electron chi connectivity index (χ1n) is 9.52. The molecule has 1 unspecified atom stereocenters. The van der Waals surface area contributed by atoms with Gasteiger partial charge in [-0.05, 0) is 51.8 Å². The topological polar surface area (TPSA) is 84.0 Å². The zero-order chi connectivity index (χ0) is 21.0. The van der Waals surface area contributed by atoms with Crippen LogP contribution < -0.4 is 16.0 Å². The van der Waals surface area contributed by atoms with Crippen LogP contribution >= 0.6 is 24.0 Å². The Labute approximate surface area is 190 Å². The number of carbonyl (C=O) groups is 1. The van der Waals surface area contributed by atoms with Crippen LogP contribution in [-0.4, -0.2) is 50.9 Å². The molecule has 7 nitrogen and oxygen atoms in total. The van der Waals surface area contributed by atoms with Gasteiger partial charge in [-0.2, -0.15) is 0 Å². The Kier molecular flexibility index (Phi) is 13.6. The summed E-state index contributed by atoms with van der Waals surface area (Å²) >= 11 is 0. The summed E-state index contributed by atoms with van der Waals surface area (Å²) < 4.78 is 23.7. The number of methoxy groups -OCH3 is 1. The molecule has 1 atom stereocenters. The Morgan fingerprint density at radius 3 is 2.31 bits per heavy atom. The van der Waals surface area contributed by atoms with Crippen molar-refractivity contribution >= 4 is 36.0 Å². The zero-order valence-corrected chi connectivity index (χ0v) is 20.2. The van der Waals surface area contributed by atoms with Crippen LogP contribution in [-0.2, 0) is 9.47 Å². The van der Waals surface area contributed by atoms with Gasteiger partial charge >= 0.3 is 6.09 Å². The number of ether oxygens (including phenoxy) is 2. The fourth-order valence-electron chi connectivity index (χ4n) is 2.31. The number of rotatable bonds is 9. The fraction of sp³-hybridized carbons (Fsp3) is 0.600. The summed E-state index contributed by atoms with van der Waals surface area (Å²) in [7, 11) is 1.60. The van der Waals surface area contributed by atoms with Crippen LogP contribution in [0.1, 0.15) is 45.8 Å². The molecular formula is C20H34FIN4O3. The summed E-state index contributed by atoms with van der Waals surface area (Å²) in [5.41, 5.74) is 0.361. The molecule has 0 aliphatic carbocycles. The quantitative estimate of drug-likeness (QED) is 0.199. The summed E-state index contributed by atoms with van der Waals surface area (Å²) in [6, 6.07) is 6.21. The lowest BCUT2D eigenvalue weighted by molar-refractivity contribution is 0.0527. The van der Waals surface area contributed by atoms with Gasteiger partial charge in [0, 0.05) is 26.7 Å². The van der Waals surface area contributed by atoms with Crippen LogP contribution in [0.5, 0.6) is 0 Å². The van der Waals surface area contributed by atoms with E-state index in [1.807, 2.05) is 27.7 Å². The second-order valence-corrected chi connectivity index (χ2v) is 7.20. The molecule has 166 valence electrons. The van der Waals surface area contributed by atoms with Gasteiger partial charge in [0.25, 0.3) is 0 Å². The summed E-state index contributed by atoms with van der Waals surface area (Å²) in [5.74, 6) is 0.376. The van der Waals surface area contributed by atoms with Gasteiger partial charge in [-0.3, -0.25) is 4.99 Å². The van der Waals surface area contributed by atoms with Gasteiger partial charge in [0.2, 0.25) is 0 Å². The Morgan fingerprint density at radius 1 is 1.14 bits per heavy atom. The number of hydrogen-bond acceptors (Lipinski definition) is 4. The molecule has 3 N–H and O–H groups in total. The molecule has 0 spiro atoms. The molecule has 1 aromatic carbocycles. The van der Waals surface area contributed by atoms with Crippen molar-refractivity contribution in [1.29, 1.82) is 0 Å². The molecule has 0 aliphatic rings. The predicted octanol–water partition coefficient (Wildman–Crippen LogP) is 3.60. The third-order valence-electron chi connectivity index (χ3n) is 3.60. The molecular weight excluding hydrogens is 490 g/mol. The van der Waals surface area contributed by atoms with Crippen molar-refractivity contribution in [3.05, 3.63) is 35.6 Å². The third-order valence-corrected chi connectivity index (χ3v) is 3.60. The lowest BCUT2D eigenvalue weighted by Gasteiger charge is -2.19. The predicted molar refractivity (Wildman–Crippen MR) is 124 cm³/mol. The largest absolute Gasteiger partial charge is 0.444 e. The summed E-state index contributed by atoms with van der Waals surface area (Å²) in [5, 5.41) is 9.10. The Morgan fingerprint density at radius 2 is 1.76 bits per heavy atom. The minimum atomic E-state index is -0.504. The first-order chi connectivity index (χ1) is 13.2. The average molecular weight is 524 g/mol. The first kappa shape index (κ1) is 27.4. The van der Waals surface area contributed by atoms with E-state index >= 15 is 0 Å². The van der Waals surface area contributed by atoms with Crippen molar-refractivity contribution in [1.82, 2.24) is 16.0 Å². The number of nitrogens with zero attached hydrogens (tertiary/aromatic N) is 1. The molecule has 0 bridgehead atoms. The van der Waals surface area contributed by atoms with E-state index in [1.165, 1.54) is 12.1 Å². The maximum Gasteiger partial charge on any atom is 0.407 e. The van der Waals surface area contributed by atoms with Gasteiger partial charge in [-0.1, -0.05) is 12.1 Å². The molecule has 1 amide bonds. The molecule has 0 aliphatic heterocycles. The highest BCUT2D eigenvalue weighted by molar-refractivity contribution is 14.0. The molecule has 0 aromatic heterocycles. The molecule has 1 rings (SSSR count). The van der Waals surface area contributed by atoms with Crippen LogP contribution in [0.25, 0.3) is 0 Å². The summed E-state index contributed by atoms with van der Waals surface area (Å²) in [6.07, 6.45) is 0.0372. The smallest absolute Gasteiger partial charge is 0.407 e. The fourth-order valence-corrected chi connectivity index (χ4v) is 2.31. The van der Waals surface area contributed by atoms with Crippen LogP contribution in [0.15, 0.2) is 29.3 Å². The second-order valence-electron chi connectivity index (χ2n) is 7.20. The van der Waals surface area contributed by atoms with E-state index < -0.39 is 11.7 Å². The van der Waals surface area contributed by atoms with Gasteiger partial charge in [0.05, 0.1) is 6.54 Å². The molecule has 0 saturated carbocycles. The minimum absolute atomic E-state index is 0. The van der Waals surface area contributed by atoms with Crippen molar-refractivity contribution < 1.29 is 18.7 Å². The van der Waals surface area contributed by atoms with Crippen molar-refractivity contribution in [2.24, 2.45) is 4.99 Å². The van der Waals surface area contributed by atoms with Gasteiger partial charge < -0.3 is 25.4 Å². The SMILES string of the molecule is CCNC(=NCC(OC)c1ccc(F)cc1)NCCCNC(=O)OC(C)(C)C.I. The van der Waals surface area contributed by atoms with Crippen LogP contribution in [0, 0.1) is 5.82 Å². The second kappa shape index (κ2) is 14.4. The molecule has 0 fully saturated rings. The Balaban J connectivity index is 0.00000784. The number of benzene rings is 1. The Hall–Kier alpha value is -1.62. The summed E-state index contributed by atoms with van der Waals surface area (Å²) in [6.45, 7) is 9.71. The van der Waals surface area contributed by atoms with E-state index in [1.54, 1.807) is 19.2 Å². The van der Waals surface area contributed by atoms with E-state index in [2.05, 4.69) is 20.9 Å². The highest BCUT2D eigenvalue weighted by Crippen LogP contribution is 2.17. The van der Waals surface area contributed by atoms with Crippen LogP contribution in [0.3, 0.4) is 0 Å².